The fourth-order valence-corrected chi connectivity index (χ4v) is 3.42. The summed E-state index contributed by atoms with van der Waals surface area (Å²) in [5, 5.41) is 11.4. The van der Waals surface area contributed by atoms with E-state index in [4.69, 9.17) is 4.74 Å². The van der Waals surface area contributed by atoms with E-state index in [1.807, 2.05) is 44.2 Å². The Kier molecular flexibility index (Phi) is 3.84. The average Bonchev–Trinajstić information content (AvgIpc) is 3.30. The Morgan fingerprint density at radius 2 is 2.07 bits per heavy atom. The van der Waals surface area contributed by atoms with Crippen molar-refractivity contribution in [3.63, 3.8) is 0 Å². The van der Waals surface area contributed by atoms with Crippen LogP contribution in [0.2, 0.25) is 0 Å². The Morgan fingerprint density at radius 3 is 2.70 bits per heavy atom. The zero-order valence-corrected chi connectivity index (χ0v) is 15.3. The van der Waals surface area contributed by atoms with Crippen LogP contribution in [-0.4, -0.2) is 34.4 Å². The average molecular weight is 361 g/mol. The van der Waals surface area contributed by atoms with Crippen molar-refractivity contribution >= 4 is 23.8 Å². The zero-order valence-electron chi connectivity index (χ0n) is 15.3. The van der Waals surface area contributed by atoms with Crippen LogP contribution in [0.4, 0.5) is 0 Å². The standard InChI is InChI=1S/C21H19N3O3/c1-12-8-13(2)22-16(12)9-17-18(27-3)10-19(23-17)21(20(25)26)11-14-6-4-5-7-15(14)24-21/h4-11,22H,1-3H3,(H,25,26). The van der Waals surface area contributed by atoms with Gasteiger partial charge in [-0.25, -0.2) is 9.79 Å². The highest BCUT2D eigenvalue weighted by molar-refractivity contribution is 6.23. The van der Waals surface area contributed by atoms with Gasteiger partial charge in [0.1, 0.15) is 11.5 Å². The summed E-state index contributed by atoms with van der Waals surface area (Å²) in [5.41, 5.74) is 2.38. The van der Waals surface area contributed by atoms with Crippen LogP contribution in [0.5, 0.6) is 0 Å². The first-order valence-corrected chi connectivity index (χ1v) is 8.57. The lowest BCUT2D eigenvalue weighted by Gasteiger charge is -2.17. The van der Waals surface area contributed by atoms with Crippen molar-refractivity contribution in [1.82, 2.24) is 4.98 Å². The minimum atomic E-state index is -1.55. The molecule has 2 N–H and O–H groups in total. The van der Waals surface area contributed by atoms with Gasteiger partial charge in [-0.15, -0.1) is 0 Å². The van der Waals surface area contributed by atoms with E-state index < -0.39 is 11.5 Å². The van der Waals surface area contributed by atoms with Gasteiger partial charge in [0.25, 0.3) is 0 Å². The summed E-state index contributed by atoms with van der Waals surface area (Å²) >= 11 is 0. The number of hydrogen-bond donors (Lipinski definition) is 2. The third-order valence-electron chi connectivity index (χ3n) is 4.77. The predicted molar refractivity (Wildman–Crippen MR) is 103 cm³/mol. The molecule has 1 atom stereocenters. The number of ether oxygens (including phenoxy) is 1. The first-order chi connectivity index (χ1) is 12.9. The van der Waals surface area contributed by atoms with Gasteiger partial charge in [-0.2, -0.15) is 0 Å². The van der Waals surface area contributed by atoms with E-state index in [1.54, 1.807) is 25.3 Å². The number of carbonyl (C=O) groups is 1. The molecule has 0 fully saturated rings. The maximum atomic E-state index is 12.2. The van der Waals surface area contributed by atoms with E-state index in [9.17, 15) is 9.90 Å². The van der Waals surface area contributed by atoms with Crippen LogP contribution in [0.3, 0.4) is 0 Å². The largest absolute Gasteiger partial charge is 0.494 e. The Balaban J connectivity index is 1.86. The second-order valence-corrected chi connectivity index (χ2v) is 6.67. The van der Waals surface area contributed by atoms with E-state index in [2.05, 4.69) is 15.0 Å². The molecule has 0 amide bonds. The summed E-state index contributed by atoms with van der Waals surface area (Å²) < 4.78 is 5.45. The Morgan fingerprint density at radius 1 is 1.30 bits per heavy atom. The number of fused-ring (bicyclic) bond motifs is 1. The lowest BCUT2D eigenvalue weighted by molar-refractivity contribution is -0.138. The number of aryl methyl sites for hydroxylation is 2. The second-order valence-electron chi connectivity index (χ2n) is 6.67. The third-order valence-corrected chi connectivity index (χ3v) is 4.77. The maximum absolute atomic E-state index is 12.2. The zero-order chi connectivity index (χ0) is 19.2. The molecule has 1 aromatic heterocycles. The van der Waals surface area contributed by atoms with E-state index >= 15 is 0 Å². The molecule has 0 saturated carbocycles. The number of aliphatic carboxylic acids is 1. The molecule has 2 aliphatic heterocycles. The summed E-state index contributed by atoms with van der Waals surface area (Å²) in [6.07, 6.45) is 5.15. The number of para-hydroxylation sites is 1. The quantitative estimate of drug-likeness (QED) is 0.872. The van der Waals surface area contributed by atoms with Gasteiger partial charge in [-0.05, 0) is 48.9 Å². The summed E-state index contributed by atoms with van der Waals surface area (Å²) in [4.78, 5) is 24.5. The third kappa shape index (κ3) is 2.70. The lowest BCUT2D eigenvalue weighted by atomic mass is 9.94. The summed E-state index contributed by atoms with van der Waals surface area (Å²) in [5.74, 6) is -0.561. The fourth-order valence-electron chi connectivity index (χ4n) is 3.42. The normalized spacial score (nSPS) is 22.0. The number of carboxylic acids is 1. The van der Waals surface area contributed by atoms with Crippen LogP contribution in [0, 0.1) is 13.8 Å². The molecule has 6 heteroatoms. The molecule has 1 aromatic carbocycles. The monoisotopic (exact) mass is 361 g/mol. The van der Waals surface area contributed by atoms with E-state index in [0.29, 0.717) is 22.5 Å². The number of nitrogens with one attached hydrogen (secondary N) is 1. The molecule has 136 valence electrons. The number of aromatic amines is 1. The number of benzene rings is 1. The van der Waals surface area contributed by atoms with Crippen molar-refractivity contribution in [2.75, 3.05) is 7.11 Å². The van der Waals surface area contributed by atoms with Crippen LogP contribution < -0.4 is 10.6 Å². The highest BCUT2D eigenvalue weighted by Gasteiger charge is 2.44. The van der Waals surface area contributed by atoms with Gasteiger partial charge < -0.3 is 14.8 Å². The molecule has 6 nitrogen and oxygen atoms in total. The Hall–Kier alpha value is -3.41. The van der Waals surface area contributed by atoms with Gasteiger partial charge in [0.15, 0.2) is 0 Å². The summed E-state index contributed by atoms with van der Waals surface area (Å²) in [6.45, 7) is 3.98. The lowest BCUT2D eigenvalue weighted by Crippen LogP contribution is -2.41. The van der Waals surface area contributed by atoms with Crippen LogP contribution in [0.15, 0.2) is 57.8 Å². The highest BCUT2D eigenvalue weighted by atomic mass is 16.5. The first-order valence-electron chi connectivity index (χ1n) is 8.57. The molecule has 2 aliphatic rings. The van der Waals surface area contributed by atoms with Crippen LogP contribution >= 0.6 is 0 Å². The molecule has 27 heavy (non-hydrogen) atoms. The van der Waals surface area contributed by atoms with Crippen molar-refractivity contribution in [2.45, 2.75) is 19.4 Å². The highest BCUT2D eigenvalue weighted by Crippen LogP contribution is 2.30. The van der Waals surface area contributed by atoms with Crippen LogP contribution in [0.25, 0.3) is 12.2 Å². The topological polar surface area (TPSA) is 87.0 Å². The second kappa shape index (κ2) is 6.09. The molecule has 2 aromatic rings. The number of H-pyrrole nitrogens is 1. The summed E-state index contributed by atoms with van der Waals surface area (Å²) in [7, 11) is 1.54. The van der Waals surface area contributed by atoms with Gasteiger partial charge >= 0.3 is 5.97 Å². The van der Waals surface area contributed by atoms with Gasteiger partial charge in [-0.1, -0.05) is 18.2 Å². The van der Waals surface area contributed by atoms with Crippen molar-refractivity contribution in [1.29, 1.82) is 0 Å². The van der Waals surface area contributed by atoms with Crippen LogP contribution in [0.1, 0.15) is 17.0 Å². The van der Waals surface area contributed by atoms with Gasteiger partial charge in [0.2, 0.25) is 5.54 Å². The van der Waals surface area contributed by atoms with Crippen LogP contribution in [-0.2, 0) is 9.53 Å². The molecule has 0 radical (unpaired) electrons. The fraction of sp³-hybridized carbons (Fsp3) is 0.190. The molecular formula is C21H19N3O3. The number of aromatic nitrogens is 1. The maximum Gasteiger partial charge on any atom is 0.342 e. The number of carboxylic acid groups (broad SMARTS) is 1. The van der Waals surface area contributed by atoms with Gasteiger partial charge in [0.05, 0.1) is 18.2 Å². The molecule has 0 spiro atoms. The molecule has 0 saturated heterocycles. The first kappa shape index (κ1) is 17.0. The minimum Gasteiger partial charge on any atom is -0.494 e. The van der Waals surface area contributed by atoms with E-state index in [0.717, 1.165) is 22.2 Å². The molecule has 3 heterocycles. The Bertz CT molecular complexity index is 1130. The van der Waals surface area contributed by atoms with E-state index in [1.165, 1.54) is 0 Å². The molecule has 0 bridgehead atoms. The van der Waals surface area contributed by atoms with Gasteiger partial charge in [-0.3, -0.25) is 4.99 Å². The Labute approximate surface area is 155 Å². The van der Waals surface area contributed by atoms with Gasteiger partial charge in [0, 0.05) is 17.5 Å². The number of rotatable bonds is 4. The predicted octanol–water partition coefficient (Wildman–Crippen LogP) is 1.89. The minimum absolute atomic E-state index is 0.329. The number of nitrogens with zero attached hydrogens (tertiary/aromatic N) is 2. The van der Waals surface area contributed by atoms with Crippen molar-refractivity contribution in [3.05, 3.63) is 75.4 Å². The molecule has 1 unspecified atom stereocenters. The van der Waals surface area contributed by atoms with Crippen molar-refractivity contribution in [3.8, 4) is 0 Å². The number of aliphatic imine (C=N–C) groups is 1. The molecule has 0 aliphatic carbocycles. The van der Waals surface area contributed by atoms with Crippen molar-refractivity contribution < 1.29 is 14.6 Å². The SMILES string of the molecule is COC1=CC(C2(C(=O)O)C=c3ccccc3=N2)=NC1=Cc1[nH]c(C)cc1C. The molecule has 4 rings (SSSR count). The smallest absolute Gasteiger partial charge is 0.342 e. The van der Waals surface area contributed by atoms with E-state index in [-0.39, 0.29) is 0 Å². The van der Waals surface area contributed by atoms with Crippen molar-refractivity contribution in [2.24, 2.45) is 9.98 Å². The summed E-state index contributed by atoms with van der Waals surface area (Å²) in [6, 6.07) is 9.38. The number of hydrogen-bond acceptors (Lipinski definition) is 4. The molecular weight excluding hydrogens is 342 g/mol. The number of methoxy groups -OCH3 is 1.